The van der Waals surface area contributed by atoms with Crippen LogP contribution in [0.3, 0.4) is 0 Å². The first-order valence-corrected chi connectivity index (χ1v) is 7.81. The van der Waals surface area contributed by atoms with Crippen LogP contribution in [-0.2, 0) is 16.4 Å². The quantitative estimate of drug-likeness (QED) is 0.898. The third-order valence-corrected chi connectivity index (χ3v) is 4.03. The van der Waals surface area contributed by atoms with E-state index >= 15 is 0 Å². The molecule has 0 aliphatic rings. The van der Waals surface area contributed by atoms with E-state index in [4.69, 9.17) is 0 Å². The zero-order valence-electron chi connectivity index (χ0n) is 11.6. The van der Waals surface area contributed by atoms with Crippen molar-refractivity contribution in [2.75, 3.05) is 6.26 Å². The van der Waals surface area contributed by atoms with Crippen LogP contribution < -0.4 is 5.32 Å². The lowest BCUT2D eigenvalue weighted by Crippen LogP contribution is -2.35. The molecule has 1 N–H and O–H groups in total. The van der Waals surface area contributed by atoms with E-state index in [2.05, 4.69) is 36.1 Å². The summed E-state index contributed by atoms with van der Waals surface area (Å²) in [4.78, 5) is 8.32. The molecule has 0 amide bonds. The summed E-state index contributed by atoms with van der Waals surface area (Å²) >= 11 is 0. The normalized spacial score (nSPS) is 14.5. The van der Waals surface area contributed by atoms with Crippen LogP contribution in [-0.4, -0.2) is 30.2 Å². The molecule has 1 unspecified atom stereocenters. The van der Waals surface area contributed by atoms with Crippen LogP contribution in [0, 0.1) is 0 Å². The van der Waals surface area contributed by atoms with Gasteiger partial charge in [0.2, 0.25) is 0 Å². The maximum Gasteiger partial charge on any atom is 0.157 e. The van der Waals surface area contributed by atoms with Crippen LogP contribution >= 0.6 is 0 Å². The minimum absolute atomic E-state index is 0.00639. The first-order valence-electron chi connectivity index (χ1n) is 5.85. The maximum absolute atomic E-state index is 11.5. The highest BCUT2D eigenvalue weighted by atomic mass is 32.2. The molecule has 1 aromatic rings. The number of nitrogens with zero attached hydrogens (tertiary/aromatic N) is 2. The van der Waals surface area contributed by atoms with Crippen molar-refractivity contribution in [2.45, 2.75) is 45.0 Å². The molecule has 0 saturated heterocycles. The van der Waals surface area contributed by atoms with Crippen LogP contribution in [0.15, 0.2) is 12.3 Å². The van der Waals surface area contributed by atoms with Gasteiger partial charge in [0, 0.05) is 24.5 Å². The molecule has 0 aromatic carbocycles. The zero-order valence-corrected chi connectivity index (χ0v) is 12.4. The van der Waals surface area contributed by atoms with Gasteiger partial charge in [-0.05, 0) is 33.8 Å². The number of rotatable bonds is 4. The monoisotopic (exact) mass is 271 g/mol. The summed E-state index contributed by atoms with van der Waals surface area (Å²) in [6.07, 6.45) is 2.80. The molecule has 0 saturated carbocycles. The highest BCUT2D eigenvalue weighted by Crippen LogP contribution is 2.16. The topological polar surface area (TPSA) is 72.0 Å². The molecule has 1 rings (SSSR count). The fourth-order valence-electron chi connectivity index (χ4n) is 1.25. The van der Waals surface area contributed by atoms with Crippen molar-refractivity contribution < 1.29 is 8.42 Å². The molecule has 1 atom stereocenters. The molecule has 0 spiro atoms. The van der Waals surface area contributed by atoms with Crippen molar-refractivity contribution in [1.29, 1.82) is 0 Å². The maximum atomic E-state index is 11.5. The van der Waals surface area contributed by atoms with Gasteiger partial charge in [-0.3, -0.25) is 0 Å². The van der Waals surface area contributed by atoms with Gasteiger partial charge < -0.3 is 5.32 Å². The van der Waals surface area contributed by atoms with Gasteiger partial charge in [0.05, 0.1) is 5.69 Å². The third-order valence-electron chi connectivity index (χ3n) is 2.54. The predicted molar refractivity (Wildman–Crippen MR) is 71.9 cm³/mol. The molecular formula is C12H21N3O2S. The van der Waals surface area contributed by atoms with Gasteiger partial charge in [-0.1, -0.05) is 0 Å². The minimum atomic E-state index is -3.16. The Balaban J connectivity index is 2.87. The number of hydrogen-bond acceptors (Lipinski definition) is 5. The van der Waals surface area contributed by atoms with Crippen LogP contribution in [0.25, 0.3) is 0 Å². The molecule has 1 aromatic heterocycles. The van der Waals surface area contributed by atoms with E-state index in [0.29, 0.717) is 12.4 Å². The Morgan fingerprint density at radius 3 is 2.50 bits per heavy atom. The van der Waals surface area contributed by atoms with E-state index in [1.54, 1.807) is 19.2 Å². The average Bonchev–Trinajstić information content (AvgIpc) is 2.23. The van der Waals surface area contributed by atoms with Crippen LogP contribution in [0.4, 0.5) is 0 Å². The fraction of sp³-hybridized carbons (Fsp3) is 0.667. The first-order chi connectivity index (χ1) is 8.09. The molecular weight excluding hydrogens is 250 g/mol. The lowest BCUT2D eigenvalue weighted by molar-refractivity contribution is 0.420. The Morgan fingerprint density at radius 2 is 2.00 bits per heavy atom. The third kappa shape index (κ3) is 4.70. The number of nitrogens with one attached hydrogen (secondary N) is 1. The average molecular weight is 271 g/mol. The van der Waals surface area contributed by atoms with Gasteiger partial charge in [-0.15, -0.1) is 0 Å². The van der Waals surface area contributed by atoms with Gasteiger partial charge in [-0.2, -0.15) is 0 Å². The number of sulfone groups is 1. The summed E-state index contributed by atoms with van der Waals surface area (Å²) < 4.78 is 22.9. The molecule has 0 fully saturated rings. The molecule has 6 heteroatoms. The van der Waals surface area contributed by atoms with E-state index in [1.807, 2.05) is 0 Å². The van der Waals surface area contributed by atoms with E-state index < -0.39 is 15.1 Å². The lowest BCUT2D eigenvalue weighted by atomic mass is 10.1. The largest absolute Gasteiger partial charge is 0.306 e. The standard InChI is InChI=1S/C12H21N3O2S/c1-9(18(5,16)17)11-13-7-6-10(15-11)8-14-12(2,3)4/h6-7,9,14H,8H2,1-5H3. The van der Waals surface area contributed by atoms with E-state index in [1.165, 1.54) is 6.26 Å². The summed E-state index contributed by atoms with van der Waals surface area (Å²) in [7, 11) is -3.16. The molecule has 0 radical (unpaired) electrons. The molecule has 5 nitrogen and oxygen atoms in total. The van der Waals surface area contributed by atoms with E-state index in [0.717, 1.165) is 5.69 Å². The van der Waals surface area contributed by atoms with Gasteiger partial charge in [0.15, 0.2) is 9.84 Å². The molecule has 0 aliphatic heterocycles. The molecule has 0 bridgehead atoms. The molecule has 18 heavy (non-hydrogen) atoms. The Hall–Kier alpha value is -1.01. The summed E-state index contributed by atoms with van der Waals surface area (Å²) in [5, 5.41) is 2.63. The van der Waals surface area contributed by atoms with Crippen molar-refractivity contribution >= 4 is 9.84 Å². The second-order valence-corrected chi connectivity index (χ2v) is 7.85. The Morgan fingerprint density at radius 1 is 1.39 bits per heavy atom. The van der Waals surface area contributed by atoms with Gasteiger partial charge in [0.25, 0.3) is 0 Å². The smallest absolute Gasteiger partial charge is 0.157 e. The molecule has 0 aliphatic carbocycles. The first kappa shape index (κ1) is 15.0. The van der Waals surface area contributed by atoms with Crippen LogP contribution in [0.5, 0.6) is 0 Å². The highest BCUT2D eigenvalue weighted by Gasteiger charge is 2.20. The van der Waals surface area contributed by atoms with Gasteiger partial charge in [-0.25, -0.2) is 18.4 Å². The Labute approximate surface area is 109 Å². The van der Waals surface area contributed by atoms with Gasteiger partial charge in [0.1, 0.15) is 11.1 Å². The number of hydrogen-bond donors (Lipinski definition) is 1. The zero-order chi connectivity index (χ0) is 14.0. The Bertz CT molecular complexity index is 506. The summed E-state index contributed by atoms with van der Waals surface area (Å²) in [5.41, 5.74) is 0.790. The summed E-state index contributed by atoms with van der Waals surface area (Å²) in [6.45, 7) is 8.39. The van der Waals surface area contributed by atoms with Crippen molar-refractivity contribution in [1.82, 2.24) is 15.3 Å². The summed E-state index contributed by atoms with van der Waals surface area (Å²) in [5.74, 6) is 0.353. The molecule has 102 valence electrons. The van der Waals surface area contributed by atoms with Crippen LogP contribution in [0.2, 0.25) is 0 Å². The Kier molecular flexibility index (Phi) is 4.45. The van der Waals surface area contributed by atoms with Crippen molar-refractivity contribution in [3.8, 4) is 0 Å². The second kappa shape index (κ2) is 5.32. The van der Waals surface area contributed by atoms with Crippen molar-refractivity contribution in [3.63, 3.8) is 0 Å². The highest BCUT2D eigenvalue weighted by molar-refractivity contribution is 7.90. The second-order valence-electron chi connectivity index (χ2n) is 5.48. The molecule has 1 heterocycles. The van der Waals surface area contributed by atoms with Crippen molar-refractivity contribution in [3.05, 3.63) is 23.8 Å². The predicted octanol–water partition coefficient (Wildman–Crippen LogP) is 1.47. The van der Waals surface area contributed by atoms with Gasteiger partial charge >= 0.3 is 0 Å². The number of aromatic nitrogens is 2. The van der Waals surface area contributed by atoms with E-state index in [9.17, 15) is 8.42 Å². The lowest BCUT2D eigenvalue weighted by Gasteiger charge is -2.20. The fourth-order valence-corrected chi connectivity index (χ4v) is 1.75. The van der Waals surface area contributed by atoms with E-state index in [-0.39, 0.29) is 5.54 Å². The van der Waals surface area contributed by atoms with Crippen molar-refractivity contribution in [2.24, 2.45) is 0 Å². The summed E-state index contributed by atoms with van der Waals surface area (Å²) in [6, 6.07) is 1.79. The SMILES string of the molecule is CC(c1nccc(CNC(C)(C)C)n1)S(C)(=O)=O. The minimum Gasteiger partial charge on any atom is -0.306 e. The van der Waals surface area contributed by atoms with Crippen LogP contribution in [0.1, 0.15) is 44.5 Å².